The van der Waals surface area contributed by atoms with Gasteiger partial charge >= 0.3 is 5.76 Å². The quantitative estimate of drug-likeness (QED) is 0.652. The van der Waals surface area contributed by atoms with Gasteiger partial charge in [-0.1, -0.05) is 5.16 Å². The minimum Gasteiger partial charge on any atom is -0.365 e. The van der Waals surface area contributed by atoms with E-state index in [1.54, 1.807) is 6.07 Å². The Balaban J connectivity index is 1.59. The maximum absolute atomic E-state index is 12.5. The van der Waals surface area contributed by atoms with E-state index in [1.807, 2.05) is 0 Å². The van der Waals surface area contributed by atoms with Crippen LogP contribution in [0.3, 0.4) is 0 Å². The van der Waals surface area contributed by atoms with Gasteiger partial charge in [-0.15, -0.1) is 11.3 Å². The van der Waals surface area contributed by atoms with E-state index >= 15 is 0 Å². The first kappa shape index (κ1) is 17.1. The molecule has 2 amide bonds. The largest absolute Gasteiger partial charge is 0.442 e. The van der Waals surface area contributed by atoms with Crippen LogP contribution in [0.15, 0.2) is 27.8 Å². The summed E-state index contributed by atoms with van der Waals surface area (Å²) in [4.78, 5) is 45.3. The molecule has 1 aliphatic rings. The van der Waals surface area contributed by atoms with Gasteiger partial charge in [0.1, 0.15) is 11.5 Å². The molecule has 4 rings (SSSR count). The number of nitrogens with zero attached hydrogens (tertiary/aromatic N) is 4. The lowest BCUT2D eigenvalue weighted by molar-refractivity contribution is -0.116. The standard InChI is InChI=1S/C16H14N6O4S/c17-12(24)11-8-3-1-4-9(8)27-15(11)20-10(23)7-22-14(21-26-16(22)25)13-18-5-2-6-19-13/h2,5-6H,1,3-4,7H2,(H2,17,24)(H,20,23). The Hall–Kier alpha value is -3.34. The van der Waals surface area contributed by atoms with E-state index in [0.29, 0.717) is 10.6 Å². The maximum Gasteiger partial charge on any atom is 0.442 e. The molecular weight excluding hydrogens is 372 g/mol. The molecule has 11 heteroatoms. The van der Waals surface area contributed by atoms with Crippen LogP contribution < -0.4 is 16.8 Å². The molecule has 0 spiro atoms. The molecular formula is C16H14N6O4S. The van der Waals surface area contributed by atoms with Crippen LogP contribution in [0, 0.1) is 0 Å². The number of aromatic nitrogens is 4. The molecule has 0 aliphatic heterocycles. The van der Waals surface area contributed by atoms with Gasteiger partial charge in [-0.2, -0.15) is 0 Å². The number of rotatable bonds is 5. The van der Waals surface area contributed by atoms with Crippen molar-refractivity contribution < 1.29 is 14.1 Å². The van der Waals surface area contributed by atoms with E-state index in [4.69, 9.17) is 5.73 Å². The summed E-state index contributed by atoms with van der Waals surface area (Å²) in [5.41, 5.74) is 6.75. The number of hydrogen-bond donors (Lipinski definition) is 2. The Labute approximate surface area is 156 Å². The molecule has 0 aromatic carbocycles. The van der Waals surface area contributed by atoms with Gasteiger partial charge in [0, 0.05) is 17.3 Å². The molecule has 0 fully saturated rings. The minimum atomic E-state index is -0.809. The van der Waals surface area contributed by atoms with Gasteiger partial charge in [0.25, 0.3) is 5.91 Å². The number of anilines is 1. The Morgan fingerprint density at radius 3 is 2.81 bits per heavy atom. The van der Waals surface area contributed by atoms with Gasteiger partial charge in [-0.05, 0) is 30.9 Å². The summed E-state index contributed by atoms with van der Waals surface area (Å²) in [6, 6.07) is 1.61. The third-order valence-electron chi connectivity index (χ3n) is 4.17. The van der Waals surface area contributed by atoms with E-state index < -0.39 is 17.6 Å². The van der Waals surface area contributed by atoms with E-state index in [-0.39, 0.29) is 18.2 Å². The molecule has 3 N–H and O–H groups in total. The number of primary amides is 1. The molecule has 0 unspecified atom stereocenters. The predicted molar refractivity (Wildman–Crippen MR) is 95.3 cm³/mol. The van der Waals surface area contributed by atoms with Gasteiger partial charge < -0.3 is 11.1 Å². The van der Waals surface area contributed by atoms with Crippen LogP contribution in [0.2, 0.25) is 0 Å². The summed E-state index contributed by atoms with van der Waals surface area (Å²) in [6.07, 6.45) is 5.56. The number of fused-ring (bicyclic) bond motifs is 1. The first-order valence-electron chi connectivity index (χ1n) is 8.12. The van der Waals surface area contributed by atoms with Crippen LogP contribution in [-0.2, 0) is 24.2 Å². The van der Waals surface area contributed by atoms with Crippen molar-refractivity contribution in [1.82, 2.24) is 19.7 Å². The Morgan fingerprint density at radius 2 is 2.07 bits per heavy atom. The number of amides is 2. The van der Waals surface area contributed by atoms with Crippen molar-refractivity contribution in [3.05, 3.63) is 45.0 Å². The van der Waals surface area contributed by atoms with Gasteiger partial charge in [-0.25, -0.2) is 19.3 Å². The number of nitrogens with two attached hydrogens (primary N) is 1. The zero-order chi connectivity index (χ0) is 19.0. The smallest absolute Gasteiger partial charge is 0.365 e. The predicted octanol–water partition coefficient (Wildman–Crippen LogP) is 0.581. The molecule has 0 saturated carbocycles. The highest BCUT2D eigenvalue weighted by molar-refractivity contribution is 7.17. The fourth-order valence-electron chi connectivity index (χ4n) is 3.05. The van der Waals surface area contributed by atoms with Gasteiger partial charge in [0.15, 0.2) is 5.82 Å². The average molecular weight is 386 g/mol. The minimum absolute atomic E-state index is 0.0412. The van der Waals surface area contributed by atoms with Crippen molar-refractivity contribution in [2.45, 2.75) is 25.8 Å². The Bertz CT molecular complexity index is 1080. The highest BCUT2D eigenvalue weighted by Crippen LogP contribution is 2.38. The molecule has 3 aromatic heterocycles. The fourth-order valence-corrected chi connectivity index (χ4v) is 4.36. The van der Waals surface area contributed by atoms with Crippen molar-refractivity contribution in [2.24, 2.45) is 5.73 Å². The second-order valence-electron chi connectivity index (χ2n) is 5.90. The van der Waals surface area contributed by atoms with Crippen LogP contribution in [0.5, 0.6) is 0 Å². The summed E-state index contributed by atoms with van der Waals surface area (Å²) in [5, 5.41) is 6.71. The monoisotopic (exact) mass is 386 g/mol. The molecule has 0 saturated heterocycles. The van der Waals surface area contributed by atoms with Crippen LogP contribution in [0.25, 0.3) is 11.6 Å². The van der Waals surface area contributed by atoms with Gasteiger partial charge in [0.05, 0.1) is 5.56 Å². The molecule has 3 aromatic rings. The molecule has 138 valence electrons. The molecule has 27 heavy (non-hydrogen) atoms. The summed E-state index contributed by atoms with van der Waals surface area (Å²) in [5.74, 6) is -1.70. The maximum atomic E-state index is 12.5. The van der Waals surface area contributed by atoms with Crippen LogP contribution in [0.1, 0.15) is 27.2 Å². The summed E-state index contributed by atoms with van der Waals surface area (Å²) in [6.45, 7) is -0.364. The lowest BCUT2D eigenvalue weighted by Gasteiger charge is -2.07. The van der Waals surface area contributed by atoms with E-state index in [0.717, 1.165) is 34.3 Å². The van der Waals surface area contributed by atoms with Crippen molar-refractivity contribution in [2.75, 3.05) is 5.32 Å². The zero-order valence-corrected chi connectivity index (χ0v) is 14.8. The lowest BCUT2D eigenvalue weighted by Crippen LogP contribution is -2.26. The molecule has 1 aliphatic carbocycles. The molecule has 10 nitrogen and oxygen atoms in total. The number of aryl methyl sites for hydroxylation is 1. The first-order valence-corrected chi connectivity index (χ1v) is 8.94. The number of thiophene rings is 1. The molecule has 0 radical (unpaired) electrons. The normalized spacial score (nSPS) is 12.7. The summed E-state index contributed by atoms with van der Waals surface area (Å²) in [7, 11) is 0. The first-order chi connectivity index (χ1) is 13.0. The van der Waals surface area contributed by atoms with E-state index in [2.05, 4.69) is 25.0 Å². The third kappa shape index (κ3) is 3.12. The van der Waals surface area contributed by atoms with Crippen molar-refractivity contribution in [1.29, 1.82) is 0 Å². The van der Waals surface area contributed by atoms with Gasteiger partial charge in [0.2, 0.25) is 11.7 Å². The topological polar surface area (TPSA) is 146 Å². The molecule has 0 atom stereocenters. The van der Waals surface area contributed by atoms with Crippen molar-refractivity contribution in [3.63, 3.8) is 0 Å². The molecule has 0 bridgehead atoms. The van der Waals surface area contributed by atoms with Gasteiger partial charge in [-0.3, -0.25) is 14.1 Å². The fraction of sp³-hybridized carbons (Fsp3) is 0.250. The average Bonchev–Trinajstić information content (AvgIpc) is 3.31. The van der Waals surface area contributed by atoms with Crippen molar-refractivity contribution >= 4 is 28.2 Å². The highest BCUT2D eigenvalue weighted by Gasteiger charge is 2.26. The second-order valence-corrected chi connectivity index (χ2v) is 7.01. The third-order valence-corrected chi connectivity index (χ3v) is 5.38. The second kappa shape index (κ2) is 6.76. The number of hydrogen-bond acceptors (Lipinski definition) is 8. The molecule has 3 heterocycles. The van der Waals surface area contributed by atoms with Crippen LogP contribution >= 0.6 is 11.3 Å². The Morgan fingerprint density at radius 1 is 1.30 bits per heavy atom. The number of carbonyl (C=O) groups excluding carboxylic acids is 2. The summed E-state index contributed by atoms with van der Waals surface area (Å²) < 4.78 is 5.66. The number of nitrogens with one attached hydrogen (secondary N) is 1. The highest BCUT2D eigenvalue weighted by atomic mass is 32.1. The van der Waals surface area contributed by atoms with E-state index in [1.165, 1.54) is 23.7 Å². The summed E-state index contributed by atoms with van der Waals surface area (Å²) >= 11 is 1.34. The van der Waals surface area contributed by atoms with Crippen molar-refractivity contribution in [3.8, 4) is 11.6 Å². The van der Waals surface area contributed by atoms with Crippen LogP contribution in [0.4, 0.5) is 5.00 Å². The SMILES string of the molecule is NC(=O)c1c(NC(=O)Cn2c(-c3ncccn3)noc2=O)sc2c1CCC2. The lowest BCUT2D eigenvalue weighted by atomic mass is 10.1. The number of carbonyl (C=O) groups is 2. The zero-order valence-electron chi connectivity index (χ0n) is 14.0. The Kier molecular flexibility index (Phi) is 4.28. The van der Waals surface area contributed by atoms with E-state index in [9.17, 15) is 14.4 Å². The van der Waals surface area contributed by atoms with Crippen LogP contribution in [-0.4, -0.2) is 31.5 Å².